The van der Waals surface area contributed by atoms with Crippen LogP contribution in [0.4, 0.5) is 10.1 Å². The van der Waals surface area contributed by atoms with Crippen LogP contribution in [0.5, 0.6) is 5.75 Å². The summed E-state index contributed by atoms with van der Waals surface area (Å²) in [4.78, 5) is 16.5. The molecule has 0 spiro atoms. The molecule has 0 saturated carbocycles. The largest absolute Gasteiger partial charge is 0.497 e. The van der Waals surface area contributed by atoms with E-state index in [0.717, 1.165) is 11.3 Å². The van der Waals surface area contributed by atoms with E-state index in [1.165, 1.54) is 10.7 Å². The Bertz CT molecular complexity index is 1160. The molecule has 4 rings (SSSR count). The number of hydrogen-bond donors (Lipinski definition) is 1. The maximum Gasteiger partial charge on any atom is 0.226 e. The first-order valence-corrected chi connectivity index (χ1v) is 9.69. The predicted molar refractivity (Wildman–Crippen MR) is 111 cm³/mol. The van der Waals surface area contributed by atoms with Crippen LogP contribution in [0.15, 0.2) is 65.4 Å². The highest BCUT2D eigenvalue weighted by atomic mass is 19.1. The fourth-order valence-electron chi connectivity index (χ4n) is 3.02. The molecule has 31 heavy (non-hydrogen) atoms. The second-order valence-corrected chi connectivity index (χ2v) is 6.76. The molecule has 1 amide bonds. The van der Waals surface area contributed by atoms with Crippen LogP contribution in [0.1, 0.15) is 18.7 Å². The molecule has 0 atom stereocenters. The predicted octanol–water partition coefficient (Wildman–Crippen LogP) is 4.03. The summed E-state index contributed by atoms with van der Waals surface area (Å²) in [5.74, 6) is 0.983. The number of benzene rings is 2. The Labute approximate surface area is 177 Å². The number of hydrogen-bond acceptors (Lipinski definition) is 6. The monoisotopic (exact) mass is 421 g/mol. The minimum atomic E-state index is -0.474. The van der Waals surface area contributed by atoms with E-state index < -0.39 is 5.82 Å². The fourth-order valence-corrected chi connectivity index (χ4v) is 3.02. The Kier molecular flexibility index (Phi) is 6.02. The zero-order valence-electron chi connectivity index (χ0n) is 16.8. The minimum Gasteiger partial charge on any atom is -0.497 e. The van der Waals surface area contributed by atoms with Crippen molar-refractivity contribution in [2.75, 3.05) is 12.4 Å². The molecule has 0 aliphatic heterocycles. The highest BCUT2D eigenvalue weighted by Gasteiger charge is 2.11. The van der Waals surface area contributed by atoms with Gasteiger partial charge in [0.25, 0.3) is 0 Å². The van der Waals surface area contributed by atoms with E-state index >= 15 is 0 Å². The molecule has 0 unspecified atom stereocenters. The topological polar surface area (TPSA) is 95.1 Å². The summed E-state index contributed by atoms with van der Waals surface area (Å²) in [5.41, 5.74) is 1.51. The SMILES string of the molecule is COc1ccc(-c2noc(CCCC(=O)Nc3ccc(-n4cccn4)c(F)c3)n2)cc1. The molecule has 4 aromatic rings. The molecule has 0 saturated heterocycles. The molecule has 158 valence electrons. The first kappa shape index (κ1) is 20.3. The quantitative estimate of drug-likeness (QED) is 0.462. The van der Waals surface area contributed by atoms with Gasteiger partial charge < -0.3 is 14.6 Å². The Morgan fingerprint density at radius 3 is 2.77 bits per heavy atom. The lowest BCUT2D eigenvalue weighted by atomic mass is 10.2. The van der Waals surface area contributed by atoms with Crippen molar-refractivity contribution in [3.8, 4) is 22.8 Å². The number of nitrogens with one attached hydrogen (secondary N) is 1. The van der Waals surface area contributed by atoms with Gasteiger partial charge in [-0.1, -0.05) is 5.16 Å². The lowest BCUT2D eigenvalue weighted by molar-refractivity contribution is -0.116. The fraction of sp³-hybridized carbons (Fsp3) is 0.182. The zero-order chi connectivity index (χ0) is 21.6. The smallest absolute Gasteiger partial charge is 0.226 e. The molecule has 2 aromatic heterocycles. The van der Waals surface area contributed by atoms with Crippen molar-refractivity contribution in [2.24, 2.45) is 0 Å². The van der Waals surface area contributed by atoms with Crippen molar-refractivity contribution in [3.05, 3.63) is 72.6 Å². The van der Waals surface area contributed by atoms with Crippen molar-refractivity contribution in [3.63, 3.8) is 0 Å². The minimum absolute atomic E-state index is 0.221. The molecule has 0 radical (unpaired) electrons. The molecular formula is C22H20FN5O3. The molecule has 8 nitrogen and oxygen atoms in total. The van der Waals surface area contributed by atoms with E-state index in [1.54, 1.807) is 37.7 Å². The summed E-state index contributed by atoms with van der Waals surface area (Å²) in [7, 11) is 1.60. The summed E-state index contributed by atoms with van der Waals surface area (Å²) < 4.78 is 26.1. The number of carbonyl (C=O) groups is 1. The first-order chi connectivity index (χ1) is 15.1. The van der Waals surface area contributed by atoms with Gasteiger partial charge >= 0.3 is 0 Å². The number of rotatable bonds is 8. The Hall–Kier alpha value is -4.01. The standard InChI is InChI=1S/C22H20FN5O3/c1-30-17-9-6-15(7-10-17)22-26-21(31-27-22)5-2-4-20(29)25-16-8-11-19(18(23)14-16)28-13-3-12-24-28/h3,6-14H,2,4-5H2,1H3,(H,25,29). The van der Waals surface area contributed by atoms with Crippen LogP contribution in [0.3, 0.4) is 0 Å². The van der Waals surface area contributed by atoms with E-state index in [-0.39, 0.29) is 12.3 Å². The molecular weight excluding hydrogens is 401 g/mol. The van der Waals surface area contributed by atoms with Gasteiger partial charge in [0, 0.05) is 36.5 Å². The number of aryl methyl sites for hydroxylation is 1. The van der Waals surface area contributed by atoms with Gasteiger partial charge in [-0.3, -0.25) is 4.79 Å². The molecule has 0 aliphatic carbocycles. The van der Waals surface area contributed by atoms with Crippen LogP contribution in [0, 0.1) is 5.82 Å². The van der Waals surface area contributed by atoms with Crippen molar-refractivity contribution in [2.45, 2.75) is 19.3 Å². The zero-order valence-corrected chi connectivity index (χ0v) is 16.8. The molecule has 1 N–H and O–H groups in total. The summed E-state index contributed by atoms with van der Waals surface area (Å²) >= 11 is 0. The van der Waals surface area contributed by atoms with E-state index in [0.29, 0.717) is 35.9 Å². The van der Waals surface area contributed by atoms with Crippen LogP contribution >= 0.6 is 0 Å². The average molecular weight is 421 g/mol. The van der Waals surface area contributed by atoms with Crippen LogP contribution in [-0.4, -0.2) is 32.9 Å². The van der Waals surface area contributed by atoms with Crippen LogP contribution in [0.2, 0.25) is 0 Å². The summed E-state index contributed by atoms with van der Waals surface area (Å²) in [6, 6.07) is 13.5. The lowest BCUT2D eigenvalue weighted by Crippen LogP contribution is -2.12. The number of amides is 1. The number of anilines is 1. The van der Waals surface area contributed by atoms with Crippen molar-refractivity contribution in [1.82, 2.24) is 19.9 Å². The van der Waals surface area contributed by atoms with Crippen molar-refractivity contribution < 1.29 is 18.4 Å². The normalized spacial score (nSPS) is 10.8. The van der Waals surface area contributed by atoms with Gasteiger partial charge in [-0.15, -0.1) is 0 Å². The highest BCUT2D eigenvalue weighted by Crippen LogP contribution is 2.21. The second kappa shape index (κ2) is 9.21. The maximum atomic E-state index is 14.3. The van der Waals surface area contributed by atoms with Gasteiger partial charge in [0.15, 0.2) is 5.82 Å². The summed E-state index contributed by atoms with van der Waals surface area (Å²) in [5, 5.41) is 10.7. The van der Waals surface area contributed by atoms with Crippen LogP contribution < -0.4 is 10.1 Å². The summed E-state index contributed by atoms with van der Waals surface area (Å²) in [6.07, 6.45) is 4.43. The third-order valence-electron chi connectivity index (χ3n) is 4.59. The molecule has 9 heteroatoms. The molecule has 0 bridgehead atoms. The lowest BCUT2D eigenvalue weighted by Gasteiger charge is -2.08. The number of aromatic nitrogens is 4. The average Bonchev–Trinajstić information content (AvgIpc) is 3.46. The van der Waals surface area contributed by atoms with Crippen LogP contribution in [-0.2, 0) is 11.2 Å². The maximum absolute atomic E-state index is 14.3. The van der Waals surface area contributed by atoms with Gasteiger partial charge in [0.2, 0.25) is 17.6 Å². The highest BCUT2D eigenvalue weighted by molar-refractivity contribution is 5.90. The second-order valence-electron chi connectivity index (χ2n) is 6.76. The third-order valence-corrected chi connectivity index (χ3v) is 4.59. The molecule has 0 aliphatic rings. The Morgan fingerprint density at radius 2 is 2.06 bits per heavy atom. The van der Waals surface area contributed by atoms with Crippen LogP contribution in [0.25, 0.3) is 17.1 Å². The van der Waals surface area contributed by atoms with Crippen molar-refractivity contribution in [1.29, 1.82) is 0 Å². The first-order valence-electron chi connectivity index (χ1n) is 9.69. The van der Waals surface area contributed by atoms with E-state index in [2.05, 4.69) is 20.6 Å². The Balaban J connectivity index is 1.28. The van der Waals surface area contributed by atoms with Gasteiger partial charge in [0.1, 0.15) is 11.4 Å². The summed E-state index contributed by atoms with van der Waals surface area (Å²) in [6.45, 7) is 0. The number of ether oxygens (including phenoxy) is 1. The number of methoxy groups -OCH3 is 1. The van der Waals surface area contributed by atoms with Gasteiger partial charge in [-0.25, -0.2) is 9.07 Å². The molecule has 0 fully saturated rings. The number of nitrogens with zero attached hydrogens (tertiary/aromatic N) is 4. The van der Waals surface area contributed by atoms with E-state index in [1.807, 2.05) is 24.3 Å². The van der Waals surface area contributed by atoms with E-state index in [4.69, 9.17) is 9.26 Å². The van der Waals surface area contributed by atoms with Crippen molar-refractivity contribution >= 4 is 11.6 Å². The number of carbonyl (C=O) groups excluding carboxylic acids is 1. The van der Waals surface area contributed by atoms with Gasteiger partial charge in [0.05, 0.1) is 7.11 Å². The van der Waals surface area contributed by atoms with E-state index in [9.17, 15) is 9.18 Å². The Morgan fingerprint density at radius 1 is 1.23 bits per heavy atom. The number of halogens is 1. The van der Waals surface area contributed by atoms with Gasteiger partial charge in [-0.2, -0.15) is 10.1 Å². The van der Waals surface area contributed by atoms with Gasteiger partial charge in [-0.05, 0) is 55.0 Å². The molecule has 2 aromatic carbocycles. The molecule has 2 heterocycles. The third kappa shape index (κ3) is 4.95.